The number of ether oxygens (including phenoxy) is 2. The normalized spacial score (nSPS) is 15.8. The number of thioether (sulfide) groups is 2. The number of hydrogen-bond donors (Lipinski definition) is 0. The molecule has 2 aromatic heterocycles. The van der Waals surface area contributed by atoms with Crippen LogP contribution in [0.2, 0.25) is 0 Å². The fourth-order valence-corrected chi connectivity index (χ4v) is 14.5. The van der Waals surface area contributed by atoms with Crippen LogP contribution in [0, 0.1) is 7.91 Å². The van der Waals surface area contributed by atoms with Crippen LogP contribution in [-0.2, 0) is 12.8 Å². The number of nitrogens with zero attached hydrogens (tertiary/aromatic N) is 4. The number of rotatable bonds is 11. The fraction of sp³-hybridized carbons (Fsp3) is 0.120. The maximum absolute atomic E-state index is 6.17. The summed E-state index contributed by atoms with van der Waals surface area (Å²) < 4.78 is 18.4. The molecule has 0 aliphatic carbocycles. The zero-order valence-electron chi connectivity index (χ0n) is 34.5. The van der Waals surface area contributed by atoms with E-state index >= 15 is 0 Å². The van der Waals surface area contributed by atoms with Crippen molar-refractivity contribution in [2.45, 2.75) is 23.3 Å². The standard InChI is InChI=1S/C50H38N4O2S8/c1-55-39-27-23-37(24-28-39)53-45-43(41(61-47(53)57)33-9-5-3-6-10-33)63-49(59)51(45)35-19-15-31(16-20-35)13-14-32-17-21-36(22-18-32)52-46-44(64-50(52)60)42(34-11-7-4-8-12-34)62-48(58)54(46)38-25-29-40(56-2)30-26-38/h3-12,15-30,41-42H,13-14H2,1-2H3/t41-,42-/m1/s1. The first kappa shape index (κ1) is 43.0. The molecule has 0 radical (unpaired) electrons. The third kappa shape index (κ3) is 8.19. The SMILES string of the molecule is COc1ccc(N2C(=S)S[C@H](c3ccccc3)c3sc(=S)n(-c4ccc(CCc5ccc(-n6c7c(sc6=S)[C@@H](c6ccccc6)SC(=S)N7c6ccc(OC)cc6)cc5)cc4)c32)cc1. The number of benzene rings is 6. The summed E-state index contributed by atoms with van der Waals surface area (Å²) in [5, 5.41) is 0.0706. The lowest BCUT2D eigenvalue weighted by Gasteiger charge is -2.34. The van der Waals surface area contributed by atoms with Crippen molar-refractivity contribution in [3.05, 3.63) is 198 Å². The molecule has 0 unspecified atom stereocenters. The predicted octanol–water partition coefficient (Wildman–Crippen LogP) is 15.2. The van der Waals surface area contributed by atoms with E-state index in [-0.39, 0.29) is 10.5 Å². The van der Waals surface area contributed by atoms with Gasteiger partial charge in [-0.1, -0.05) is 133 Å². The van der Waals surface area contributed by atoms with E-state index in [2.05, 4.69) is 140 Å². The van der Waals surface area contributed by atoms with E-state index in [0.717, 1.165) is 75.3 Å². The van der Waals surface area contributed by atoms with E-state index in [1.54, 1.807) is 60.4 Å². The van der Waals surface area contributed by atoms with Gasteiger partial charge in [-0.2, -0.15) is 0 Å². The molecule has 0 amide bonds. The van der Waals surface area contributed by atoms with Gasteiger partial charge in [0.2, 0.25) is 0 Å². The summed E-state index contributed by atoms with van der Waals surface area (Å²) in [5.74, 6) is 3.56. The fourth-order valence-electron chi connectivity index (χ4n) is 8.09. The maximum Gasteiger partial charge on any atom is 0.167 e. The zero-order valence-corrected chi connectivity index (χ0v) is 41.0. The molecule has 0 N–H and O–H groups in total. The summed E-state index contributed by atoms with van der Waals surface area (Å²) in [7, 11) is 3.36. The third-order valence-electron chi connectivity index (χ3n) is 11.3. The van der Waals surface area contributed by atoms with Crippen LogP contribution >= 0.6 is 95.1 Å². The lowest BCUT2D eigenvalue weighted by molar-refractivity contribution is 0.414. The lowest BCUT2D eigenvalue weighted by Crippen LogP contribution is -2.29. The van der Waals surface area contributed by atoms with Gasteiger partial charge in [-0.15, -0.1) is 22.7 Å². The lowest BCUT2D eigenvalue weighted by atomic mass is 10.0. The molecule has 64 heavy (non-hydrogen) atoms. The Morgan fingerprint density at radius 2 is 0.781 bits per heavy atom. The van der Waals surface area contributed by atoms with Gasteiger partial charge in [0, 0.05) is 22.7 Å². The first-order valence-electron chi connectivity index (χ1n) is 20.4. The average Bonchev–Trinajstić information content (AvgIpc) is 3.87. The van der Waals surface area contributed by atoms with Crippen LogP contribution in [0.1, 0.15) is 42.5 Å². The van der Waals surface area contributed by atoms with Crippen molar-refractivity contribution in [3.8, 4) is 22.9 Å². The van der Waals surface area contributed by atoms with E-state index < -0.39 is 0 Å². The minimum atomic E-state index is 0.0353. The molecule has 4 heterocycles. The van der Waals surface area contributed by atoms with Crippen molar-refractivity contribution in [1.29, 1.82) is 0 Å². The Labute approximate surface area is 409 Å². The highest BCUT2D eigenvalue weighted by Crippen LogP contribution is 2.54. The number of fused-ring (bicyclic) bond motifs is 2. The summed E-state index contributed by atoms with van der Waals surface area (Å²) in [6.07, 6.45) is 1.76. The third-order valence-corrected chi connectivity index (χ3v) is 17.6. The van der Waals surface area contributed by atoms with Crippen LogP contribution in [0.4, 0.5) is 23.0 Å². The van der Waals surface area contributed by atoms with E-state index in [0.29, 0.717) is 0 Å². The van der Waals surface area contributed by atoms with Crippen molar-refractivity contribution in [3.63, 3.8) is 0 Å². The highest BCUT2D eigenvalue weighted by Gasteiger charge is 2.38. The Morgan fingerprint density at radius 1 is 0.438 bits per heavy atom. The molecular weight excluding hydrogens is 945 g/mol. The Hall–Kier alpha value is -4.90. The molecule has 2 aliphatic rings. The van der Waals surface area contributed by atoms with Gasteiger partial charge in [0.25, 0.3) is 0 Å². The van der Waals surface area contributed by atoms with Gasteiger partial charge in [0.1, 0.15) is 31.8 Å². The van der Waals surface area contributed by atoms with Gasteiger partial charge < -0.3 is 9.47 Å². The highest BCUT2D eigenvalue weighted by molar-refractivity contribution is 8.24. The molecule has 8 aromatic rings. The van der Waals surface area contributed by atoms with E-state index in [1.165, 1.54) is 32.0 Å². The number of aromatic nitrogens is 2. The van der Waals surface area contributed by atoms with Gasteiger partial charge in [-0.05, 0) is 132 Å². The van der Waals surface area contributed by atoms with E-state index in [1.807, 2.05) is 36.4 Å². The molecule has 10 rings (SSSR count). The van der Waals surface area contributed by atoms with Crippen molar-refractivity contribution in [2.75, 3.05) is 24.0 Å². The second-order valence-corrected chi connectivity index (χ2v) is 21.9. The van der Waals surface area contributed by atoms with Crippen molar-refractivity contribution in [1.82, 2.24) is 9.13 Å². The molecule has 0 spiro atoms. The largest absolute Gasteiger partial charge is 0.497 e. The van der Waals surface area contributed by atoms with Crippen LogP contribution in [0.15, 0.2) is 158 Å². The Bertz CT molecular complexity index is 2900. The minimum absolute atomic E-state index is 0.0353. The molecule has 0 fully saturated rings. The molecule has 0 saturated carbocycles. The molecule has 14 heteroatoms. The first-order valence-corrected chi connectivity index (χ1v) is 25.4. The number of aryl methyl sites for hydroxylation is 2. The van der Waals surface area contributed by atoms with Crippen LogP contribution in [0.25, 0.3) is 11.4 Å². The van der Waals surface area contributed by atoms with Gasteiger partial charge in [0.15, 0.2) is 7.91 Å². The molecule has 6 nitrogen and oxygen atoms in total. The second-order valence-electron chi connectivity index (χ2n) is 15.0. The monoisotopic (exact) mass is 982 g/mol. The molecule has 2 aliphatic heterocycles. The molecule has 318 valence electrons. The average molecular weight is 983 g/mol. The summed E-state index contributed by atoms with van der Waals surface area (Å²) in [5.41, 5.74) is 8.81. The topological polar surface area (TPSA) is 34.8 Å². The molecule has 6 aromatic carbocycles. The second kappa shape index (κ2) is 18.5. The van der Waals surface area contributed by atoms with Crippen LogP contribution < -0.4 is 19.3 Å². The van der Waals surface area contributed by atoms with E-state index in [4.69, 9.17) is 58.3 Å². The van der Waals surface area contributed by atoms with Gasteiger partial charge >= 0.3 is 0 Å². The highest BCUT2D eigenvalue weighted by atomic mass is 32.2. The number of methoxy groups -OCH3 is 2. The minimum Gasteiger partial charge on any atom is -0.497 e. The molecule has 0 saturated heterocycles. The van der Waals surface area contributed by atoms with Gasteiger partial charge in [-0.3, -0.25) is 18.9 Å². The van der Waals surface area contributed by atoms with Crippen LogP contribution in [0.5, 0.6) is 11.5 Å². The number of hydrogen-bond acceptors (Lipinski definition) is 10. The van der Waals surface area contributed by atoms with Crippen molar-refractivity contribution in [2.24, 2.45) is 0 Å². The summed E-state index contributed by atoms with van der Waals surface area (Å²) >= 11 is 31.3. The molecular formula is C50H38N4O2S8. The maximum atomic E-state index is 6.17. The summed E-state index contributed by atoms with van der Waals surface area (Å²) in [6, 6.07) is 54.7. The van der Waals surface area contributed by atoms with Crippen molar-refractivity contribution < 1.29 is 9.47 Å². The van der Waals surface area contributed by atoms with Crippen LogP contribution in [-0.4, -0.2) is 32.0 Å². The Kier molecular flexibility index (Phi) is 12.5. The Morgan fingerprint density at radius 3 is 1.12 bits per heavy atom. The van der Waals surface area contributed by atoms with E-state index in [9.17, 15) is 0 Å². The summed E-state index contributed by atoms with van der Waals surface area (Å²) in [6.45, 7) is 0. The quantitative estimate of drug-likeness (QED) is 0.117. The zero-order chi connectivity index (χ0) is 43.9. The predicted molar refractivity (Wildman–Crippen MR) is 284 cm³/mol. The first-order chi connectivity index (χ1) is 31.3. The number of anilines is 4. The summed E-state index contributed by atoms with van der Waals surface area (Å²) in [4.78, 5) is 6.66. The number of thiazole rings is 2. The molecule has 2 atom stereocenters. The van der Waals surface area contributed by atoms with Gasteiger partial charge in [0.05, 0.1) is 34.5 Å². The number of thiocarbonyl (C=S) groups is 2. The smallest absolute Gasteiger partial charge is 0.167 e. The van der Waals surface area contributed by atoms with Crippen molar-refractivity contribution >= 4 is 127 Å². The van der Waals surface area contributed by atoms with Crippen LogP contribution in [0.3, 0.4) is 0 Å². The van der Waals surface area contributed by atoms with Gasteiger partial charge in [-0.25, -0.2) is 0 Å². The Balaban J connectivity index is 0.928. The molecule has 0 bridgehead atoms.